The van der Waals surface area contributed by atoms with Crippen LogP contribution in [-0.4, -0.2) is 23.6 Å². The fourth-order valence-corrected chi connectivity index (χ4v) is 2.95. The lowest BCUT2D eigenvalue weighted by molar-refractivity contribution is 0.0856. The lowest BCUT2D eigenvalue weighted by Gasteiger charge is -2.41. The fourth-order valence-electron chi connectivity index (χ4n) is 2.25. The first-order valence-corrected chi connectivity index (χ1v) is 7.13. The molecule has 18 heavy (non-hydrogen) atoms. The normalized spacial score (nSPS) is 19.2. The molecule has 0 bridgehead atoms. The molecule has 0 unspecified atom stereocenters. The number of ether oxygens (including phenoxy) is 2. The Morgan fingerprint density at radius 3 is 2.78 bits per heavy atom. The van der Waals surface area contributed by atoms with Crippen LogP contribution < -0.4 is 14.8 Å². The minimum atomic E-state index is -0.0620. The molecule has 1 fully saturated rings. The first-order valence-electron chi connectivity index (χ1n) is 6.01. The van der Waals surface area contributed by atoms with Crippen LogP contribution >= 0.6 is 15.9 Å². The summed E-state index contributed by atoms with van der Waals surface area (Å²) in [5.41, 5.74) is 0.555. The molecular formula is C13H14BrNO3. The molecule has 0 radical (unpaired) electrons. The van der Waals surface area contributed by atoms with Gasteiger partial charge in [0.25, 0.3) is 5.91 Å². The zero-order chi connectivity index (χ0) is 12.6. The van der Waals surface area contributed by atoms with Gasteiger partial charge in [-0.1, -0.05) is 15.9 Å². The van der Waals surface area contributed by atoms with E-state index in [1.165, 1.54) is 6.42 Å². The second-order valence-corrected chi connectivity index (χ2v) is 5.35. The average Bonchev–Trinajstić information content (AvgIpc) is 2.80. The van der Waals surface area contributed by atoms with Gasteiger partial charge >= 0.3 is 0 Å². The van der Waals surface area contributed by atoms with Crippen LogP contribution in [0, 0.1) is 0 Å². The maximum atomic E-state index is 12.2. The number of alkyl halides is 1. The third kappa shape index (κ3) is 1.96. The number of hydrogen-bond acceptors (Lipinski definition) is 3. The number of fused-ring (bicyclic) bond motifs is 1. The monoisotopic (exact) mass is 311 g/mol. The molecule has 0 aromatic heterocycles. The molecule has 1 aliphatic heterocycles. The third-order valence-electron chi connectivity index (χ3n) is 3.58. The molecular weight excluding hydrogens is 298 g/mol. The average molecular weight is 312 g/mol. The zero-order valence-corrected chi connectivity index (χ0v) is 11.5. The Morgan fingerprint density at radius 1 is 1.33 bits per heavy atom. The molecule has 96 valence electrons. The summed E-state index contributed by atoms with van der Waals surface area (Å²) in [5, 5.41) is 3.91. The van der Waals surface area contributed by atoms with Gasteiger partial charge in [0.05, 0.1) is 5.54 Å². The van der Waals surface area contributed by atoms with Crippen LogP contribution in [0.25, 0.3) is 0 Å². The quantitative estimate of drug-likeness (QED) is 0.872. The van der Waals surface area contributed by atoms with Crippen LogP contribution in [0.3, 0.4) is 0 Å². The van der Waals surface area contributed by atoms with Gasteiger partial charge in [-0.3, -0.25) is 4.79 Å². The summed E-state index contributed by atoms with van der Waals surface area (Å²) >= 11 is 3.47. The van der Waals surface area contributed by atoms with Gasteiger partial charge in [0.1, 0.15) is 0 Å². The highest BCUT2D eigenvalue weighted by molar-refractivity contribution is 9.09. The summed E-state index contributed by atoms with van der Waals surface area (Å²) in [6, 6.07) is 5.28. The van der Waals surface area contributed by atoms with Crippen molar-refractivity contribution in [1.29, 1.82) is 0 Å². The summed E-state index contributed by atoms with van der Waals surface area (Å²) < 4.78 is 10.5. The third-order valence-corrected chi connectivity index (χ3v) is 4.65. The highest BCUT2D eigenvalue weighted by Crippen LogP contribution is 2.35. The van der Waals surface area contributed by atoms with Crippen LogP contribution in [0.15, 0.2) is 18.2 Å². The molecule has 1 aliphatic carbocycles. The van der Waals surface area contributed by atoms with E-state index < -0.39 is 0 Å². The fraction of sp³-hybridized carbons (Fsp3) is 0.462. The van der Waals surface area contributed by atoms with Gasteiger partial charge < -0.3 is 14.8 Å². The van der Waals surface area contributed by atoms with E-state index in [0.717, 1.165) is 18.2 Å². The van der Waals surface area contributed by atoms with E-state index in [9.17, 15) is 4.79 Å². The van der Waals surface area contributed by atoms with Gasteiger partial charge in [0.15, 0.2) is 11.5 Å². The van der Waals surface area contributed by atoms with Crippen LogP contribution in [-0.2, 0) is 0 Å². The van der Waals surface area contributed by atoms with Crippen LogP contribution in [0.5, 0.6) is 11.5 Å². The molecule has 0 saturated heterocycles. The highest BCUT2D eigenvalue weighted by atomic mass is 79.9. The Hall–Kier alpha value is -1.23. The minimum Gasteiger partial charge on any atom is -0.454 e. The summed E-state index contributed by atoms with van der Waals surface area (Å²) in [5.74, 6) is 1.29. The molecule has 5 heteroatoms. The van der Waals surface area contributed by atoms with E-state index in [2.05, 4.69) is 21.2 Å². The van der Waals surface area contributed by atoms with Crippen molar-refractivity contribution in [2.24, 2.45) is 0 Å². The lowest BCUT2D eigenvalue weighted by Crippen LogP contribution is -2.54. The largest absolute Gasteiger partial charge is 0.454 e. The SMILES string of the molecule is O=C(NC1(CBr)CCC1)c1ccc2c(c1)OCO2. The molecule has 1 heterocycles. The molecule has 1 saturated carbocycles. The molecule has 2 aliphatic rings. The lowest BCUT2D eigenvalue weighted by atomic mass is 9.78. The Balaban J connectivity index is 1.76. The minimum absolute atomic E-state index is 0.0487. The van der Waals surface area contributed by atoms with E-state index in [1.54, 1.807) is 18.2 Å². The molecule has 0 spiro atoms. The zero-order valence-electron chi connectivity index (χ0n) is 9.87. The van der Waals surface area contributed by atoms with Crippen molar-refractivity contribution in [2.75, 3.05) is 12.1 Å². The molecule has 0 atom stereocenters. The molecule has 1 aromatic carbocycles. The van der Waals surface area contributed by atoms with Crippen molar-refractivity contribution >= 4 is 21.8 Å². The van der Waals surface area contributed by atoms with Crippen molar-refractivity contribution in [2.45, 2.75) is 24.8 Å². The standard InChI is InChI=1S/C13H14BrNO3/c14-7-13(4-1-5-13)15-12(16)9-2-3-10-11(6-9)18-8-17-10/h2-3,6H,1,4-5,7-8H2,(H,15,16). The Bertz CT molecular complexity index is 480. The Kier molecular flexibility index (Phi) is 2.93. The van der Waals surface area contributed by atoms with Crippen molar-refractivity contribution < 1.29 is 14.3 Å². The van der Waals surface area contributed by atoms with E-state index in [-0.39, 0.29) is 18.2 Å². The van der Waals surface area contributed by atoms with Gasteiger partial charge in [-0.2, -0.15) is 0 Å². The van der Waals surface area contributed by atoms with Crippen LogP contribution in [0.1, 0.15) is 29.6 Å². The molecule has 1 amide bonds. The smallest absolute Gasteiger partial charge is 0.251 e. The van der Waals surface area contributed by atoms with Gasteiger partial charge in [0, 0.05) is 10.9 Å². The Morgan fingerprint density at radius 2 is 2.11 bits per heavy atom. The van der Waals surface area contributed by atoms with Gasteiger partial charge in [0.2, 0.25) is 6.79 Å². The molecule has 1 N–H and O–H groups in total. The first kappa shape index (κ1) is 11.8. The maximum absolute atomic E-state index is 12.2. The predicted molar refractivity (Wildman–Crippen MR) is 70.4 cm³/mol. The number of hydrogen-bond donors (Lipinski definition) is 1. The number of rotatable bonds is 3. The number of halogens is 1. The van der Waals surface area contributed by atoms with Gasteiger partial charge in [-0.15, -0.1) is 0 Å². The van der Waals surface area contributed by atoms with Crippen molar-refractivity contribution in [3.8, 4) is 11.5 Å². The van der Waals surface area contributed by atoms with E-state index in [0.29, 0.717) is 17.1 Å². The summed E-state index contributed by atoms with van der Waals surface area (Å²) in [4.78, 5) is 12.2. The number of carbonyl (C=O) groups is 1. The highest BCUT2D eigenvalue weighted by Gasteiger charge is 2.37. The number of benzene rings is 1. The number of carbonyl (C=O) groups excluding carboxylic acids is 1. The topological polar surface area (TPSA) is 47.6 Å². The maximum Gasteiger partial charge on any atom is 0.251 e. The van der Waals surface area contributed by atoms with Crippen LogP contribution in [0.4, 0.5) is 0 Å². The second-order valence-electron chi connectivity index (χ2n) is 4.79. The van der Waals surface area contributed by atoms with Crippen molar-refractivity contribution in [1.82, 2.24) is 5.32 Å². The molecule has 1 aromatic rings. The first-order chi connectivity index (χ1) is 8.72. The summed E-state index contributed by atoms with van der Waals surface area (Å²) in [6.45, 7) is 0.228. The number of nitrogens with one attached hydrogen (secondary N) is 1. The van der Waals surface area contributed by atoms with Crippen molar-refractivity contribution in [3.63, 3.8) is 0 Å². The molecule has 3 rings (SSSR count). The van der Waals surface area contributed by atoms with E-state index in [4.69, 9.17) is 9.47 Å². The van der Waals surface area contributed by atoms with E-state index in [1.807, 2.05) is 0 Å². The van der Waals surface area contributed by atoms with Gasteiger partial charge in [-0.25, -0.2) is 0 Å². The second kappa shape index (κ2) is 4.46. The molecule has 4 nitrogen and oxygen atoms in total. The number of amides is 1. The summed E-state index contributed by atoms with van der Waals surface area (Å²) in [7, 11) is 0. The van der Waals surface area contributed by atoms with Gasteiger partial charge in [-0.05, 0) is 37.5 Å². The van der Waals surface area contributed by atoms with Crippen LogP contribution in [0.2, 0.25) is 0 Å². The Labute approximate surface area is 114 Å². The van der Waals surface area contributed by atoms with Crippen molar-refractivity contribution in [3.05, 3.63) is 23.8 Å². The predicted octanol–water partition coefficient (Wildman–Crippen LogP) is 2.46. The summed E-state index contributed by atoms with van der Waals surface area (Å²) in [6.07, 6.45) is 3.25. The van der Waals surface area contributed by atoms with E-state index >= 15 is 0 Å².